The highest BCUT2D eigenvalue weighted by atomic mass is 32.1. The van der Waals surface area contributed by atoms with Crippen LogP contribution in [-0.4, -0.2) is 48.3 Å². The van der Waals surface area contributed by atoms with Crippen LogP contribution in [0.3, 0.4) is 0 Å². The number of ether oxygens (including phenoxy) is 1. The molecule has 4 heterocycles. The number of nitrogens with one attached hydrogen (secondary N) is 1. The van der Waals surface area contributed by atoms with Crippen LogP contribution in [0.4, 0.5) is 13.2 Å². The number of carbonyl (C=O) groups is 1. The van der Waals surface area contributed by atoms with Crippen molar-refractivity contribution in [3.8, 4) is 5.75 Å². The molecule has 0 unspecified atom stereocenters. The fraction of sp³-hybridized carbons (Fsp3) is 0.550. The van der Waals surface area contributed by atoms with Gasteiger partial charge in [-0.1, -0.05) is 12.1 Å². The van der Waals surface area contributed by atoms with Gasteiger partial charge in [-0.05, 0) is 63.2 Å². The standard InChI is InChI=1S/C20H23F3N2O2S/c1-19(2)17(12-6-8-25(19)9-7-12)24-18(26)15-10-13-4-3-5-14(16(13)28-15)27-11-20(21,22)23/h3-5,10,12,17H,6-9,11H2,1-2H3,(H,24,26)/t17-/m0/s1. The van der Waals surface area contributed by atoms with E-state index < -0.39 is 12.8 Å². The van der Waals surface area contributed by atoms with Crippen LogP contribution in [0, 0.1) is 5.92 Å². The zero-order valence-corrected chi connectivity index (χ0v) is 16.6. The topological polar surface area (TPSA) is 41.6 Å². The minimum atomic E-state index is -4.40. The van der Waals surface area contributed by atoms with Crippen molar-refractivity contribution in [3.05, 3.63) is 29.1 Å². The van der Waals surface area contributed by atoms with Crippen LogP contribution >= 0.6 is 11.3 Å². The maximum Gasteiger partial charge on any atom is 0.422 e. The van der Waals surface area contributed by atoms with Gasteiger partial charge in [-0.2, -0.15) is 13.2 Å². The predicted octanol–water partition coefficient (Wildman–Crippen LogP) is 4.45. The van der Waals surface area contributed by atoms with E-state index in [-0.39, 0.29) is 23.2 Å². The van der Waals surface area contributed by atoms with Crippen molar-refractivity contribution in [2.45, 2.75) is 44.4 Å². The van der Waals surface area contributed by atoms with Crippen molar-refractivity contribution in [1.82, 2.24) is 10.2 Å². The summed E-state index contributed by atoms with van der Waals surface area (Å²) in [5.74, 6) is 0.445. The van der Waals surface area contributed by atoms with E-state index in [1.165, 1.54) is 17.4 Å². The number of fused-ring (bicyclic) bond motifs is 4. The van der Waals surface area contributed by atoms with E-state index >= 15 is 0 Å². The first kappa shape index (κ1) is 19.5. The molecule has 4 nitrogen and oxygen atoms in total. The Kier molecular flexibility index (Phi) is 4.82. The van der Waals surface area contributed by atoms with Gasteiger partial charge in [0.05, 0.1) is 9.58 Å². The molecular weight excluding hydrogens is 389 g/mol. The molecule has 5 rings (SSSR count). The molecule has 3 aliphatic heterocycles. The summed E-state index contributed by atoms with van der Waals surface area (Å²) in [6.45, 7) is 5.10. The second-order valence-corrected chi connectivity index (χ2v) is 9.17. The smallest absolute Gasteiger partial charge is 0.422 e. The molecule has 28 heavy (non-hydrogen) atoms. The molecule has 1 aromatic heterocycles. The predicted molar refractivity (Wildman–Crippen MR) is 103 cm³/mol. The minimum Gasteiger partial charge on any atom is -0.483 e. The molecule has 0 radical (unpaired) electrons. The number of alkyl halides is 3. The lowest BCUT2D eigenvalue weighted by Crippen LogP contribution is -2.69. The molecular formula is C20H23F3N2O2S. The fourth-order valence-electron chi connectivity index (χ4n) is 4.51. The minimum absolute atomic E-state index is 0.0636. The Balaban J connectivity index is 1.55. The van der Waals surface area contributed by atoms with Gasteiger partial charge in [0, 0.05) is 11.6 Å². The Bertz CT molecular complexity index is 885. The number of carbonyl (C=O) groups excluding carboxylic acids is 1. The largest absolute Gasteiger partial charge is 0.483 e. The second kappa shape index (κ2) is 6.91. The van der Waals surface area contributed by atoms with Gasteiger partial charge in [0.1, 0.15) is 5.75 Å². The molecule has 1 atom stereocenters. The molecule has 0 spiro atoms. The van der Waals surface area contributed by atoms with Crippen molar-refractivity contribution in [2.24, 2.45) is 5.92 Å². The lowest BCUT2D eigenvalue weighted by Gasteiger charge is -2.56. The maximum absolute atomic E-state index is 12.9. The average molecular weight is 412 g/mol. The quantitative estimate of drug-likeness (QED) is 0.807. The van der Waals surface area contributed by atoms with Gasteiger partial charge in [0.25, 0.3) is 5.91 Å². The highest BCUT2D eigenvalue weighted by molar-refractivity contribution is 7.21. The summed E-state index contributed by atoms with van der Waals surface area (Å²) in [5.41, 5.74) is -0.103. The summed E-state index contributed by atoms with van der Waals surface area (Å²) in [6.07, 6.45) is -2.24. The number of benzene rings is 1. The molecule has 1 aromatic carbocycles. The van der Waals surface area contributed by atoms with Crippen LogP contribution in [0.15, 0.2) is 24.3 Å². The lowest BCUT2D eigenvalue weighted by molar-refractivity contribution is -0.153. The molecule has 1 N–H and O–H groups in total. The van der Waals surface area contributed by atoms with E-state index in [9.17, 15) is 18.0 Å². The Morgan fingerprint density at radius 3 is 2.68 bits per heavy atom. The third-order valence-corrected chi connectivity index (χ3v) is 7.16. The normalized spacial score (nSPS) is 26.4. The number of rotatable bonds is 4. The Morgan fingerprint density at radius 2 is 2.04 bits per heavy atom. The van der Waals surface area contributed by atoms with Gasteiger partial charge in [0.15, 0.2) is 6.61 Å². The molecule has 0 saturated carbocycles. The summed E-state index contributed by atoms with van der Waals surface area (Å²) >= 11 is 1.17. The first-order chi connectivity index (χ1) is 13.1. The zero-order chi connectivity index (χ0) is 20.1. The van der Waals surface area contributed by atoms with Crippen molar-refractivity contribution in [2.75, 3.05) is 19.7 Å². The van der Waals surface area contributed by atoms with Crippen LogP contribution < -0.4 is 10.1 Å². The maximum atomic E-state index is 12.9. The van der Waals surface area contributed by atoms with Crippen LogP contribution in [0.5, 0.6) is 5.75 Å². The summed E-state index contributed by atoms with van der Waals surface area (Å²) in [4.78, 5) is 15.8. The molecule has 152 valence electrons. The first-order valence-electron chi connectivity index (χ1n) is 9.43. The summed E-state index contributed by atoms with van der Waals surface area (Å²) < 4.78 is 43.0. The van der Waals surface area contributed by atoms with Gasteiger partial charge in [0.2, 0.25) is 0 Å². The average Bonchev–Trinajstić information content (AvgIpc) is 3.07. The van der Waals surface area contributed by atoms with Crippen LogP contribution in [0.25, 0.3) is 10.1 Å². The number of hydrogen-bond acceptors (Lipinski definition) is 4. The molecule has 3 saturated heterocycles. The Morgan fingerprint density at radius 1 is 1.32 bits per heavy atom. The Labute approximate surface area is 165 Å². The van der Waals surface area contributed by atoms with Gasteiger partial charge < -0.3 is 10.1 Å². The van der Waals surface area contributed by atoms with Crippen LogP contribution in [0.2, 0.25) is 0 Å². The molecule has 2 bridgehead atoms. The number of amides is 1. The highest BCUT2D eigenvalue weighted by Gasteiger charge is 2.48. The van der Waals surface area contributed by atoms with E-state index in [1.54, 1.807) is 18.2 Å². The number of halogens is 3. The Hall–Kier alpha value is -1.80. The van der Waals surface area contributed by atoms with Crippen molar-refractivity contribution < 1.29 is 22.7 Å². The lowest BCUT2D eigenvalue weighted by atomic mass is 9.72. The van der Waals surface area contributed by atoms with Gasteiger partial charge >= 0.3 is 6.18 Å². The fourth-order valence-corrected chi connectivity index (χ4v) is 5.54. The SMILES string of the molecule is CC1(C)[C@@H](NC(=O)c2cc3cccc(OCC(F)(F)F)c3s2)C2CCN1CC2. The zero-order valence-electron chi connectivity index (χ0n) is 15.8. The van der Waals surface area contributed by atoms with Crippen molar-refractivity contribution in [3.63, 3.8) is 0 Å². The monoisotopic (exact) mass is 412 g/mol. The third-order valence-electron chi connectivity index (χ3n) is 6.00. The molecule has 1 amide bonds. The third kappa shape index (κ3) is 3.59. The summed E-state index contributed by atoms with van der Waals surface area (Å²) in [5, 5.41) is 3.91. The molecule has 8 heteroatoms. The van der Waals surface area contributed by atoms with Gasteiger partial charge in [-0.25, -0.2) is 0 Å². The van der Waals surface area contributed by atoms with Gasteiger partial charge in [-0.3, -0.25) is 9.69 Å². The molecule has 3 fully saturated rings. The van der Waals surface area contributed by atoms with Crippen LogP contribution in [-0.2, 0) is 0 Å². The van der Waals surface area contributed by atoms with E-state index in [2.05, 4.69) is 24.1 Å². The molecule has 3 aliphatic rings. The highest BCUT2D eigenvalue weighted by Crippen LogP contribution is 2.40. The van der Waals surface area contributed by atoms with Crippen molar-refractivity contribution in [1.29, 1.82) is 0 Å². The van der Waals surface area contributed by atoms with E-state index in [4.69, 9.17) is 4.74 Å². The number of thiophene rings is 1. The first-order valence-corrected chi connectivity index (χ1v) is 10.2. The van der Waals surface area contributed by atoms with Crippen molar-refractivity contribution >= 4 is 27.3 Å². The van der Waals surface area contributed by atoms with E-state index in [0.29, 0.717) is 20.9 Å². The second-order valence-electron chi connectivity index (χ2n) is 8.12. The van der Waals surface area contributed by atoms with E-state index in [0.717, 1.165) is 25.9 Å². The molecule has 0 aliphatic carbocycles. The number of hydrogen-bond donors (Lipinski definition) is 1. The van der Waals surface area contributed by atoms with Crippen LogP contribution in [0.1, 0.15) is 36.4 Å². The van der Waals surface area contributed by atoms with E-state index in [1.807, 2.05) is 0 Å². The van der Waals surface area contributed by atoms with Gasteiger partial charge in [-0.15, -0.1) is 11.3 Å². The summed E-state index contributed by atoms with van der Waals surface area (Å²) in [7, 11) is 0. The summed E-state index contributed by atoms with van der Waals surface area (Å²) in [6, 6.07) is 6.71. The number of nitrogens with zero attached hydrogens (tertiary/aromatic N) is 1. The molecule has 2 aromatic rings. The number of piperidine rings is 3.